The van der Waals surface area contributed by atoms with Gasteiger partial charge in [-0.3, -0.25) is 0 Å². The number of hydrogen-bond donors (Lipinski definition) is 0. The highest BCUT2D eigenvalue weighted by atomic mass is 35.5. The van der Waals surface area contributed by atoms with Crippen LogP contribution in [0.2, 0.25) is 5.02 Å². The van der Waals surface area contributed by atoms with Gasteiger partial charge in [-0.1, -0.05) is 47.6 Å². The van der Waals surface area contributed by atoms with E-state index in [-0.39, 0.29) is 11.0 Å². The summed E-state index contributed by atoms with van der Waals surface area (Å²) in [6.07, 6.45) is -4.63. The summed E-state index contributed by atoms with van der Waals surface area (Å²) >= 11 is 7.13. The third-order valence-corrected chi connectivity index (χ3v) is 4.82. The van der Waals surface area contributed by atoms with Gasteiger partial charge in [0, 0.05) is 22.9 Å². The van der Waals surface area contributed by atoms with E-state index in [0.29, 0.717) is 22.3 Å². The van der Waals surface area contributed by atoms with Crippen molar-refractivity contribution in [2.75, 3.05) is 7.11 Å². The van der Waals surface area contributed by atoms with Crippen molar-refractivity contribution in [1.29, 1.82) is 0 Å². The van der Waals surface area contributed by atoms with Crippen LogP contribution < -0.4 is 9.47 Å². The van der Waals surface area contributed by atoms with Crippen LogP contribution in [0.15, 0.2) is 59.8 Å². The lowest BCUT2D eigenvalue weighted by atomic mass is 10.2. The van der Waals surface area contributed by atoms with Gasteiger partial charge in [-0.25, -0.2) is 4.98 Å². The number of hydrogen-bond acceptors (Lipinski definition) is 5. The summed E-state index contributed by atoms with van der Waals surface area (Å²) in [5.74, 6) is 0.918. The van der Waals surface area contributed by atoms with Crippen LogP contribution in [0, 0.1) is 0 Å². The Morgan fingerprint density at radius 1 is 1.00 bits per heavy atom. The molecule has 0 fully saturated rings. The lowest BCUT2D eigenvalue weighted by Crippen LogP contribution is -2.10. The van der Waals surface area contributed by atoms with E-state index < -0.39 is 11.9 Å². The maximum Gasteiger partial charge on any atom is 0.433 e. The van der Waals surface area contributed by atoms with Crippen LogP contribution in [-0.2, 0) is 11.9 Å². The standard InChI is InChI=1S/C19H14ClF3N2O2S/c1-26-13-6-4-7-14(9-13)27-17-10-16(19(21,22)23)24-18(25-17)28-11-12-5-2-3-8-15(12)20/h2-10H,11H2,1H3. The van der Waals surface area contributed by atoms with Crippen LogP contribution in [0.3, 0.4) is 0 Å². The molecule has 3 aromatic rings. The second-order valence-corrected chi connectivity index (χ2v) is 6.88. The van der Waals surface area contributed by atoms with E-state index in [4.69, 9.17) is 21.1 Å². The summed E-state index contributed by atoms with van der Waals surface area (Å²) in [4.78, 5) is 7.69. The van der Waals surface area contributed by atoms with E-state index in [2.05, 4.69) is 9.97 Å². The molecule has 0 saturated carbocycles. The summed E-state index contributed by atoms with van der Waals surface area (Å²) in [7, 11) is 1.48. The first-order chi connectivity index (χ1) is 13.3. The Labute approximate surface area is 168 Å². The molecule has 0 saturated heterocycles. The van der Waals surface area contributed by atoms with Crippen molar-refractivity contribution < 1.29 is 22.6 Å². The fraction of sp³-hybridized carbons (Fsp3) is 0.158. The Hall–Kier alpha value is -2.45. The second kappa shape index (κ2) is 8.70. The van der Waals surface area contributed by atoms with E-state index in [9.17, 15) is 13.2 Å². The molecule has 0 aliphatic heterocycles. The number of thioether (sulfide) groups is 1. The van der Waals surface area contributed by atoms with Crippen molar-refractivity contribution in [2.45, 2.75) is 17.1 Å². The molecular weight excluding hydrogens is 413 g/mol. The summed E-state index contributed by atoms with van der Waals surface area (Å²) < 4.78 is 50.3. The zero-order chi connectivity index (χ0) is 20.1. The molecular formula is C19H14ClF3N2O2S. The van der Waals surface area contributed by atoms with Gasteiger partial charge in [-0.05, 0) is 23.8 Å². The van der Waals surface area contributed by atoms with Crippen LogP contribution in [0.4, 0.5) is 13.2 Å². The zero-order valence-corrected chi connectivity index (χ0v) is 16.1. The number of benzene rings is 2. The van der Waals surface area contributed by atoms with Gasteiger partial charge in [0.15, 0.2) is 10.9 Å². The molecule has 1 aromatic heterocycles. The predicted molar refractivity (Wildman–Crippen MR) is 101 cm³/mol. The van der Waals surface area contributed by atoms with Crippen molar-refractivity contribution in [3.63, 3.8) is 0 Å². The molecule has 28 heavy (non-hydrogen) atoms. The molecule has 0 aliphatic carbocycles. The second-order valence-electron chi connectivity index (χ2n) is 5.53. The van der Waals surface area contributed by atoms with E-state index in [0.717, 1.165) is 23.4 Å². The monoisotopic (exact) mass is 426 g/mol. The highest BCUT2D eigenvalue weighted by molar-refractivity contribution is 7.98. The SMILES string of the molecule is COc1cccc(Oc2cc(C(F)(F)F)nc(SCc3ccccc3Cl)n2)c1. The summed E-state index contributed by atoms with van der Waals surface area (Å²) in [5.41, 5.74) is -0.313. The molecule has 0 spiro atoms. The van der Waals surface area contributed by atoms with Gasteiger partial charge in [-0.15, -0.1) is 0 Å². The van der Waals surface area contributed by atoms with Crippen molar-refractivity contribution in [1.82, 2.24) is 9.97 Å². The number of methoxy groups -OCH3 is 1. The van der Waals surface area contributed by atoms with Crippen LogP contribution in [0.5, 0.6) is 17.4 Å². The Bertz CT molecular complexity index is 970. The zero-order valence-electron chi connectivity index (χ0n) is 14.5. The summed E-state index contributed by atoms with van der Waals surface area (Å²) in [6.45, 7) is 0. The Morgan fingerprint density at radius 2 is 1.75 bits per heavy atom. The van der Waals surface area contributed by atoms with E-state index in [1.807, 2.05) is 0 Å². The van der Waals surface area contributed by atoms with Gasteiger partial charge in [-0.2, -0.15) is 18.2 Å². The Balaban J connectivity index is 1.87. The lowest BCUT2D eigenvalue weighted by Gasteiger charge is -2.11. The highest BCUT2D eigenvalue weighted by Crippen LogP contribution is 2.34. The van der Waals surface area contributed by atoms with Crippen molar-refractivity contribution >= 4 is 23.4 Å². The molecule has 3 rings (SSSR count). The van der Waals surface area contributed by atoms with Crippen LogP contribution >= 0.6 is 23.4 Å². The molecule has 0 N–H and O–H groups in total. The summed E-state index contributed by atoms with van der Waals surface area (Å²) in [5, 5.41) is 0.461. The van der Waals surface area contributed by atoms with Crippen LogP contribution in [0.1, 0.15) is 11.3 Å². The molecule has 9 heteroatoms. The van der Waals surface area contributed by atoms with Crippen molar-refractivity contribution in [2.24, 2.45) is 0 Å². The predicted octanol–water partition coefficient (Wildman–Crippen LogP) is 6.24. The number of ether oxygens (including phenoxy) is 2. The minimum Gasteiger partial charge on any atom is -0.497 e. The minimum absolute atomic E-state index is 0.0624. The van der Waals surface area contributed by atoms with Crippen molar-refractivity contribution in [3.05, 3.63) is 70.9 Å². The molecule has 0 aliphatic rings. The van der Waals surface area contributed by atoms with Gasteiger partial charge in [0.05, 0.1) is 7.11 Å². The first-order valence-corrected chi connectivity index (χ1v) is 9.36. The smallest absolute Gasteiger partial charge is 0.433 e. The van der Waals surface area contributed by atoms with Crippen LogP contribution in [0.25, 0.3) is 0 Å². The third-order valence-electron chi connectivity index (χ3n) is 3.55. The molecule has 2 aromatic carbocycles. The normalized spacial score (nSPS) is 11.3. The lowest BCUT2D eigenvalue weighted by molar-refractivity contribution is -0.141. The first-order valence-electron chi connectivity index (χ1n) is 7.99. The van der Waals surface area contributed by atoms with Gasteiger partial charge < -0.3 is 9.47 Å². The molecule has 0 radical (unpaired) electrons. The molecule has 146 valence electrons. The molecule has 0 unspecified atom stereocenters. The van der Waals surface area contributed by atoms with E-state index in [1.165, 1.54) is 7.11 Å². The third kappa shape index (κ3) is 5.30. The fourth-order valence-electron chi connectivity index (χ4n) is 2.21. The first kappa shape index (κ1) is 20.3. The number of halogens is 4. The van der Waals surface area contributed by atoms with Gasteiger partial charge >= 0.3 is 6.18 Å². The number of alkyl halides is 3. The average Bonchev–Trinajstić information content (AvgIpc) is 2.67. The Kier molecular flexibility index (Phi) is 6.31. The molecule has 4 nitrogen and oxygen atoms in total. The minimum atomic E-state index is -4.63. The average molecular weight is 427 g/mol. The summed E-state index contributed by atoms with van der Waals surface area (Å²) in [6, 6.07) is 14.3. The van der Waals surface area contributed by atoms with E-state index >= 15 is 0 Å². The van der Waals surface area contributed by atoms with Crippen molar-refractivity contribution in [3.8, 4) is 17.4 Å². The van der Waals surface area contributed by atoms with Gasteiger partial charge in [0.25, 0.3) is 0 Å². The number of nitrogens with zero attached hydrogens (tertiary/aromatic N) is 2. The topological polar surface area (TPSA) is 44.2 Å². The number of aromatic nitrogens is 2. The maximum absolute atomic E-state index is 13.2. The van der Waals surface area contributed by atoms with Crippen LogP contribution in [-0.4, -0.2) is 17.1 Å². The largest absolute Gasteiger partial charge is 0.497 e. The maximum atomic E-state index is 13.2. The van der Waals surface area contributed by atoms with Gasteiger partial charge in [0.1, 0.15) is 11.5 Å². The Morgan fingerprint density at radius 3 is 2.46 bits per heavy atom. The highest BCUT2D eigenvalue weighted by Gasteiger charge is 2.34. The van der Waals surface area contributed by atoms with Gasteiger partial charge in [0.2, 0.25) is 5.88 Å². The molecule has 0 atom stereocenters. The number of rotatable bonds is 6. The quantitative estimate of drug-likeness (QED) is 0.344. The molecule has 1 heterocycles. The van der Waals surface area contributed by atoms with E-state index in [1.54, 1.807) is 48.5 Å². The fourth-order valence-corrected chi connectivity index (χ4v) is 3.34. The molecule has 0 amide bonds. The molecule has 0 bridgehead atoms.